The number of carbonyl (C=O) groups is 1. The highest BCUT2D eigenvalue weighted by Gasteiger charge is 2.14. The second-order valence-electron chi connectivity index (χ2n) is 3.41. The van der Waals surface area contributed by atoms with E-state index in [2.05, 4.69) is 10.6 Å². The Balaban J connectivity index is 2.88. The first kappa shape index (κ1) is 13.4. The molecule has 0 heterocycles. The van der Waals surface area contributed by atoms with Gasteiger partial charge < -0.3 is 10.6 Å². The van der Waals surface area contributed by atoms with Crippen LogP contribution in [0.15, 0.2) is 18.2 Å². The van der Waals surface area contributed by atoms with Gasteiger partial charge in [0.1, 0.15) is 5.69 Å². The molecule has 0 aliphatic carbocycles. The van der Waals surface area contributed by atoms with Gasteiger partial charge in [0.05, 0.1) is 23.1 Å². The lowest BCUT2D eigenvalue weighted by Crippen LogP contribution is -2.29. The molecule has 7 heteroatoms. The smallest absolute Gasteiger partial charge is 0.292 e. The van der Waals surface area contributed by atoms with Crippen LogP contribution < -0.4 is 10.6 Å². The fraction of sp³-hybridized carbons (Fsp3) is 0.273. The Hall–Kier alpha value is -2.62. The van der Waals surface area contributed by atoms with E-state index in [4.69, 9.17) is 5.26 Å². The molecule has 0 atom stereocenters. The van der Waals surface area contributed by atoms with Crippen LogP contribution in [0.5, 0.6) is 0 Å². The van der Waals surface area contributed by atoms with Gasteiger partial charge in [0.25, 0.3) is 5.69 Å². The zero-order valence-electron chi connectivity index (χ0n) is 9.77. The summed E-state index contributed by atoms with van der Waals surface area (Å²) in [7, 11) is 0. The first-order chi connectivity index (χ1) is 8.58. The number of benzene rings is 1. The number of hydrogen-bond acceptors (Lipinski definition) is 5. The first-order valence-corrected chi connectivity index (χ1v) is 5.27. The third-order valence-electron chi connectivity index (χ3n) is 2.14. The summed E-state index contributed by atoms with van der Waals surface area (Å²) in [6.45, 7) is 2.18. The monoisotopic (exact) mass is 248 g/mol. The van der Waals surface area contributed by atoms with Crippen LogP contribution in [0.2, 0.25) is 0 Å². The van der Waals surface area contributed by atoms with Crippen molar-refractivity contribution in [2.45, 2.75) is 6.92 Å². The predicted octanol–water partition coefficient (Wildman–Crippen LogP) is 1.01. The molecule has 7 nitrogen and oxygen atoms in total. The summed E-state index contributed by atoms with van der Waals surface area (Å²) >= 11 is 0. The molecule has 0 saturated heterocycles. The minimum Gasteiger partial charge on any atom is -0.371 e. The number of nitro groups is 1. The Morgan fingerprint density at radius 3 is 2.83 bits per heavy atom. The minimum atomic E-state index is -0.568. The fourth-order valence-corrected chi connectivity index (χ4v) is 1.34. The van der Waals surface area contributed by atoms with Crippen LogP contribution in [0.1, 0.15) is 12.5 Å². The third-order valence-corrected chi connectivity index (χ3v) is 2.14. The molecule has 0 saturated carbocycles. The van der Waals surface area contributed by atoms with Gasteiger partial charge in [-0.2, -0.15) is 5.26 Å². The Morgan fingerprint density at radius 1 is 1.56 bits per heavy atom. The van der Waals surface area contributed by atoms with Gasteiger partial charge in [0.2, 0.25) is 5.91 Å². The number of nitriles is 1. The molecule has 0 unspecified atom stereocenters. The minimum absolute atomic E-state index is 0.0798. The van der Waals surface area contributed by atoms with Gasteiger partial charge in [-0.25, -0.2) is 0 Å². The van der Waals surface area contributed by atoms with Gasteiger partial charge in [-0.15, -0.1) is 0 Å². The molecule has 94 valence electrons. The Kier molecular flexibility index (Phi) is 4.63. The van der Waals surface area contributed by atoms with Crippen LogP contribution >= 0.6 is 0 Å². The second-order valence-corrected chi connectivity index (χ2v) is 3.41. The van der Waals surface area contributed by atoms with Gasteiger partial charge >= 0.3 is 0 Å². The summed E-state index contributed by atoms with van der Waals surface area (Å²) in [5.41, 5.74) is 0.280. The van der Waals surface area contributed by atoms with E-state index in [0.717, 1.165) is 0 Å². The molecule has 0 fully saturated rings. The molecule has 0 bridgehead atoms. The van der Waals surface area contributed by atoms with Crippen molar-refractivity contribution < 1.29 is 9.72 Å². The largest absolute Gasteiger partial charge is 0.371 e. The molecule has 0 spiro atoms. The maximum Gasteiger partial charge on any atom is 0.292 e. The summed E-state index contributed by atoms with van der Waals surface area (Å²) in [5.74, 6) is -0.269. The second kappa shape index (κ2) is 6.20. The van der Waals surface area contributed by atoms with Crippen LogP contribution in [0, 0.1) is 21.4 Å². The lowest BCUT2D eigenvalue weighted by molar-refractivity contribution is -0.384. The number of carbonyl (C=O) groups excluding carboxylic acids is 1. The molecule has 1 aromatic rings. The molecule has 0 aliphatic heterocycles. The topological polar surface area (TPSA) is 108 Å². The van der Waals surface area contributed by atoms with E-state index in [9.17, 15) is 14.9 Å². The molecule has 1 aromatic carbocycles. The van der Waals surface area contributed by atoms with E-state index in [0.29, 0.717) is 12.1 Å². The van der Waals surface area contributed by atoms with E-state index in [-0.39, 0.29) is 23.8 Å². The number of likely N-dealkylation sites (N-methyl/N-ethyl adjacent to an activating group) is 1. The van der Waals surface area contributed by atoms with Gasteiger partial charge in [-0.3, -0.25) is 14.9 Å². The first-order valence-electron chi connectivity index (χ1n) is 5.27. The molecule has 1 rings (SSSR count). The van der Waals surface area contributed by atoms with Crippen molar-refractivity contribution in [2.24, 2.45) is 0 Å². The van der Waals surface area contributed by atoms with E-state index in [1.54, 1.807) is 6.92 Å². The lowest BCUT2D eigenvalue weighted by Gasteiger charge is -2.07. The molecule has 1 amide bonds. The summed E-state index contributed by atoms with van der Waals surface area (Å²) in [5, 5.41) is 24.7. The third kappa shape index (κ3) is 3.45. The molecule has 0 aliphatic rings. The SMILES string of the molecule is CCNC(=O)CNc1cc(C#N)ccc1[N+](=O)[O-]. The standard InChI is InChI=1S/C11H12N4O3/c1-2-13-11(16)7-14-9-5-8(6-12)3-4-10(9)15(17)18/h3-5,14H,2,7H2,1H3,(H,13,16). The zero-order chi connectivity index (χ0) is 13.5. The molecular formula is C11H12N4O3. The highest BCUT2D eigenvalue weighted by Crippen LogP contribution is 2.24. The molecule has 2 N–H and O–H groups in total. The molecule has 18 heavy (non-hydrogen) atoms. The van der Waals surface area contributed by atoms with E-state index in [1.165, 1.54) is 18.2 Å². The maximum absolute atomic E-state index is 11.2. The average Bonchev–Trinajstić information content (AvgIpc) is 2.36. The van der Waals surface area contributed by atoms with Crippen molar-refractivity contribution >= 4 is 17.3 Å². The number of anilines is 1. The van der Waals surface area contributed by atoms with Crippen molar-refractivity contribution in [1.82, 2.24) is 5.32 Å². The molecule has 0 radical (unpaired) electrons. The number of nitrogens with zero attached hydrogens (tertiary/aromatic N) is 2. The quantitative estimate of drug-likeness (QED) is 0.597. The van der Waals surface area contributed by atoms with Crippen molar-refractivity contribution in [2.75, 3.05) is 18.4 Å². The maximum atomic E-state index is 11.2. The van der Waals surface area contributed by atoms with Crippen molar-refractivity contribution in [3.05, 3.63) is 33.9 Å². The Morgan fingerprint density at radius 2 is 2.28 bits per heavy atom. The normalized spacial score (nSPS) is 9.33. The number of nitrogens with one attached hydrogen (secondary N) is 2. The fourth-order valence-electron chi connectivity index (χ4n) is 1.34. The molecular weight excluding hydrogens is 236 g/mol. The summed E-state index contributed by atoms with van der Waals surface area (Å²) in [6, 6.07) is 5.82. The van der Waals surface area contributed by atoms with Crippen molar-refractivity contribution in [1.29, 1.82) is 5.26 Å². The van der Waals surface area contributed by atoms with Crippen LogP contribution in [-0.2, 0) is 4.79 Å². The van der Waals surface area contributed by atoms with E-state index in [1.807, 2.05) is 6.07 Å². The van der Waals surface area contributed by atoms with Crippen LogP contribution in [-0.4, -0.2) is 23.9 Å². The number of hydrogen-bond donors (Lipinski definition) is 2. The van der Waals surface area contributed by atoms with Gasteiger partial charge in [-0.05, 0) is 19.1 Å². The summed E-state index contributed by atoms with van der Waals surface area (Å²) in [6.07, 6.45) is 0. The predicted molar refractivity (Wildman–Crippen MR) is 65.0 cm³/mol. The number of nitro benzene ring substituents is 1. The molecule has 0 aromatic heterocycles. The highest BCUT2D eigenvalue weighted by atomic mass is 16.6. The number of rotatable bonds is 5. The zero-order valence-corrected chi connectivity index (χ0v) is 9.77. The van der Waals surface area contributed by atoms with Crippen LogP contribution in [0.4, 0.5) is 11.4 Å². The van der Waals surface area contributed by atoms with Gasteiger partial charge in [-0.1, -0.05) is 0 Å². The van der Waals surface area contributed by atoms with Crippen LogP contribution in [0.25, 0.3) is 0 Å². The highest BCUT2D eigenvalue weighted by molar-refractivity contribution is 5.81. The average molecular weight is 248 g/mol. The van der Waals surface area contributed by atoms with Crippen molar-refractivity contribution in [3.8, 4) is 6.07 Å². The van der Waals surface area contributed by atoms with Gasteiger partial charge in [0.15, 0.2) is 0 Å². The summed E-state index contributed by atoms with van der Waals surface area (Å²) < 4.78 is 0. The lowest BCUT2D eigenvalue weighted by atomic mass is 10.2. The Labute approximate surface area is 104 Å². The van der Waals surface area contributed by atoms with Crippen molar-refractivity contribution in [3.63, 3.8) is 0 Å². The van der Waals surface area contributed by atoms with E-state index < -0.39 is 4.92 Å². The van der Waals surface area contributed by atoms with E-state index >= 15 is 0 Å². The van der Waals surface area contributed by atoms with Gasteiger partial charge in [0, 0.05) is 12.6 Å². The van der Waals surface area contributed by atoms with Crippen LogP contribution in [0.3, 0.4) is 0 Å². The summed E-state index contributed by atoms with van der Waals surface area (Å²) in [4.78, 5) is 21.4. The Bertz CT molecular complexity index is 508. The number of amides is 1.